The number of hydrogen-bond donors (Lipinski definition) is 1. The highest BCUT2D eigenvalue weighted by atomic mass is 15.1. The average Bonchev–Trinajstić information content (AvgIpc) is 2.41. The fourth-order valence-electron chi connectivity index (χ4n) is 2.56. The summed E-state index contributed by atoms with van der Waals surface area (Å²) in [5.74, 6) is 0.710. The molecule has 0 spiro atoms. The number of nitrogens with zero attached hydrogens (tertiary/aromatic N) is 1. The van der Waals surface area contributed by atoms with Crippen LogP contribution in [-0.2, 0) is 13.1 Å². The van der Waals surface area contributed by atoms with E-state index in [1.165, 1.54) is 29.7 Å². The van der Waals surface area contributed by atoms with Crippen molar-refractivity contribution in [2.45, 2.75) is 40.3 Å². The molecule has 1 heterocycles. The van der Waals surface area contributed by atoms with Crippen LogP contribution < -0.4 is 5.32 Å². The molecule has 20 heavy (non-hydrogen) atoms. The topological polar surface area (TPSA) is 15.3 Å². The Morgan fingerprint density at radius 1 is 1.25 bits per heavy atom. The van der Waals surface area contributed by atoms with Crippen molar-refractivity contribution in [3.05, 3.63) is 47.0 Å². The molecule has 0 aromatic heterocycles. The molecule has 1 aromatic carbocycles. The van der Waals surface area contributed by atoms with Gasteiger partial charge in [0.25, 0.3) is 0 Å². The summed E-state index contributed by atoms with van der Waals surface area (Å²) in [4.78, 5) is 2.52. The average molecular weight is 272 g/mol. The van der Waals surface area contributed by atoms with Gasteiger partial charge in [0.2, 0.25) is 0 Å². The first kappa shape index (κ1) is 15.3. The lowest BCUT2D eigenvalue weighted by Gasteiger charge is -2.25. The van der Waals surface area contributed by atoms with Crippen molar-refractivity contribution in [3.8, 4) is 0 Å². The third-order valence-electron chi connectivity index (χ3n) is 3.80. The standard InChI is InChI=1S/C18H28N2/c1-15(2)12-19-13-17-5-4-6-18(11-17)14-20-9-7-16(3)8-10-20/h4-7,11,15,19H,8-10,12-14H2,1-3H3. The second-order valence-corrected chi connectivity index (χ2v) is 6.38. The summed E-state index contributed by atoms with van der Waals surface area (Å²) in [7, 11) is 0. The first-order valence-electron chi connectivity index (χ1n) is 7.80. The van der Waals surface area contributed by atoms with Crippen molar-refractivity contribution in [1.29, 1.82) is 0 Å². The lowest BCUT2D eigenvalue weighted by Crippen LogP contribution is -2.28. The molecule has 0 fully saturated rings. The maximum atomic E-state index is 3.51. The van der Waals surface area contributed by atoms with Gasteiger partial charge in [0.05, 0.1) is 0 Å². The van der Waals surface area contributed by atoms with Crippen LogP contribution >= 0.6 is 0 Å². The molecule has 0 aliphatic carbocycles. The zero-order chi connectivity index (χ0) is 14.4. The van der Waals surface area contributed by atoms with Crippen molar-refractivity contribution in [2.24, 2.45) is 5.92 Å². The molecule has 0 atom stereocenters. The summed E-state index contributed by atoms with van der Waals surface area (Å²) < 4.78 is 0. The van der Waals surface area contributed by atoms with E-state index < -0.39 is 0 Å². The monoisotopic (exact) mass is 272 g/mol. The number of hydrogen-bond acceptors (Lipinski definition) is 2. The summed E-state index contributed by atoms with van der Waals surface area (Å²) in [5.41, 5.74) is 4.36. The first-order chi connectivity index (χ1) is 9.63. The van der Waals surface area contributed by atoms with Crippen LogP contribution in [0, 0.1) is 5.92 Å². The molecular weight excluding hydrogens is 244 g/mol. The van der Waals surface area contributed by atoms with Gasteiger partial charge in [-0.1, -0.05) is 49.8 Å². The van der Waals surface area contributed by atoms with E-state index in [4.69, 9.17) is 0 Å². The summed E-state index contributed by atoms with van der Waals surface area (Å²) in [6.07, 6.45) is 3.58. The van der Waals surface area contributed by atoms with Crippen molar-refractivity contribution in [2.75, 3.05) is 19.6 Å². The molecule has 1 aromatic rings. The van der Waals surface area contributed by atoms with E-state index in [-0.39, 0.29) is 0 Å². The SMILES string of the molecule is CC1=CCN(Cc2cccc(CNCC(C)C)c2)CC1. The Kier molecular flexibility index (Phi) is 5.81. The van der Waals surface area contributed by atoms with Crippen molar-refractivity contribution in [1.82, 2.24) is 10.2 Å². The molecule has 2 rings (SSSR count). The fraction of sp³-hybridized carbons (Fsp3) is 0.556. The van der Waals surface area contributed by atoms with Crippen LogP contribution in [0.2, 0.25) is 0 Å². The molecule has 1 aliphatic rings. The minimum atomic E-state index is 0.710. The molecule has 2 nitrogen and oxygen atoms in total. The molecule has 0 unspecified atom stereocenters. The van der Waals surface area contributed by atoms with Gasteiger partial charge in [0, 0.05) is 26.2 Å². The molecule has 110 valence electrons. The fourth-order valence-corrected chi connectivity index (χ4v) is 2.56. The van der Waals surface area contributed by atoms with E-state index in [0.29, 0.717) is 5.92 Å². The Morgan fingerprint density at radius 2 is 2.05 bits per heavy atom. The van der Waals surface area contributed by atoms with Gasteiger partial charge in [-0.15, -0.1) is 0 Å². The third-order valence-corrected chi connectivity index (χ3v) is 3.80. The maximum absolute atomic E-state index is 3.51. The van der Waals surface area contributed by atoms with Crippen LogP contribution in [0.5, 0.6) is 0 Å². The molecular formula is C18H28N2. The Morgan fingerprint density at radius 3 is 2.75 bits per heavy atom. The van der Waals surface area contributed by atoms with Gasteiger partial charge < -0.3 is 5.32 Å². The lowest BCUT2D eigenvalue weighted by molar-refractivity contribution is 0.286. The van der Waals surface area contributed by atoms with Gasteiger partial charge >= 0.3 is 0 Å². The second kappa shape index (κ2) is 7.61. The Labute approximate surface area is 123 Å². The van der Waals surface area contributed by atoms with Crippen molar-refractivity contribution < 1.29 is 0 Å². The van der Waals surface area contributed by atoms with Gasteiger partial charge in [-0.3, -0.25) is 4.90 Å². The molecule has 0 saturated carbocycles. The molecule has 2 heteroatoms. The predicted molar refractivity (Wildman–Crippen MR) is 86.6 cm³/mol. The lowest BCUT2D eigenvalue weighted by atomic mass is 10.1. The molecule has 1 N–H and O–H groups in total. The molecule has 1 aliphatic heterocycles. The van der Waals surface area contributed by atoms with Crippen LogP contribution in [0.3, 0.4) is 0 Å². The summed E-state index contributed by atoms with van der Waals surface area (Å²) in [5, 5.41) is 3.51. The van der Waals surface area contributed by atoms with E-state index in [1.54, 1.807) is 0 Å². The maximum Gasteiger partial charge on any atom is 0.0237 e. The molecule has 0 bridgehead atoms. The highest BCUT2D eigenvalue weighted by Crippen LogP contribution is 2.14. The summed E-state index contributed by atoms with van der Waals surface area (Å²) in [6, 6.07) is 9.00. The number of rotatable bonds is 6. The number of benzene rings is 1. The summed E-state index contributed by atoms with van der Waals surface area (Å²) >= 11 is 0. The van der Waals surface area contributed by atoms with E-state index in [2.05, 4.69) is 61.3 Å². The van der Waals surface area contributed by atoms with Gasteiger partial charge in [-0.05, 0) is 36.9 Å². The zero-order valence-electron chi connectivity index (χ0n) is 13.2. The zero-order valence-corrected chi connectivity index (χ0v) is 13.2. The molecule has 0 saturated heterocycles. The minimum Gasteiger partial charge on any atom is -0.312 e. The minimum absolute atomic E-state index is 0.710. The quantitative estimate of drug-likeness (QED) is 0.796. The van der Waals surface area contributed by atoms with E-state index in [1.807, 2.05) is 0 Å². The van der Waals surface area contributed by atoms with Crippen LogP contribution in [0.1, 0.15) is 38.3 Å². The van der Waals surface area contributed by atoms with Gasteiger partial charge in [-0.2, -0.15) is 0 Å². The Bertz CT molecular complexity index is 448. The summed E-state index contributed by atoms with van der Waals surface area (Å²) in [6.45, 7) is 12.1. The third kappa shape index (κ3) is 5.10. The van der Waals surface area contributed by atoms with E-state index >= 15 is 0 Å². The second-order valence-electron chi connectivity index (χ2n) is 6.38. The molecule has 0 radical (unpaired) electrons. The smallest absolute Gasteiger partial charge is 0.0237 e. The normalized spacial score (nSPS) is 16.5. The highest BCUT2D eigenvalue weighted by molar-refractivity contribution is 5.23. The van der Waals surface area contributed by atoms with Crippen LogP contribution in [0.15, 0.2) is 35.9 Å². The molecule has 0 amide bonds. The van der Waals surface area contributed by atoms with E-state index in [0.717, 1.165) is 26.2 Å². The van der Waals surface area contributed by atoms with Gasteiger partial charge in [-0.25, -0.2) is 0 Å². The number of nitrogens with one attached hydrogen (secondary N) is 1. The Hall–Kier alpha value is -1.12. The predicted octanol–water partition coefficient (Wildman–Crippen LogP) is 3.58. The van der Waals surface area contributed by atoms with Crippen LogP contribution in [0.25, 0.3) is 0 Å². The Balaban J connectivity index is 1.86. The first-order valence-corrected chi connectivity index (χ1v) is 7.80. The largest absolute Gasteiger partial charge is 0.312 e. The van der Waals surface area contributed by atoms with Crippen molar-refractivity contribution >= 4 is 0 Å². The van der Waals surface area contributed by atoms with Crippen molar-refractivity contribution in [3.63, 3.8) is 0 Å². The highest BCUT2D eigenvalue weighted by Gasteiger charge is 2.09. The van der Waals surface area contributed by atoms with Crippen LogP contribution in [0.4, 0.5) is 0 Å². The van der Waals surface area contributed by atoms with Gasteiger partial charge in [0.15, 0.2) is 0 Å². The van der Waals surface area contributed by atoms with Crippen LogP contribution in [-0.4, -0.2) is 24.5 Å². The van der Waals surface area contributed by atoms with E-state index in [9.17, 15) is 0 Å². The van der Waals surface area contributed by atoms with Gasteiger partial charge in [0.1, 0.15) is 0 Å².